The van der Waals surface area contributed by atoms with Gasteiger partial charge < -0.3 is 19.4 Å². The number of aliphatic hydroxyl groups is 1. The van der Waals surface area contributed by atoms with Gasteiger partial charge in [-0.2, -0.15) is 4.98 Å². The van der Waals surface area contributed by atoms with E-state index in [9.17, 15) is 9.90 Å². The molecular weight excluding hydrogens is 286 g/mol. The van der Waals surface area contributed by atoms with Crippen LogP contribution in [0.1, 0.15) is 32.6 Å². The zero-order valence-corrected chi connectivity index (χ0v) is 12.8. The van der Waals surface area contributed by atoms with E-state index >= 15 is 0 Å². The minimum Gasteiger partial charge on any atom is -0.461 e. The van der Waals surface area contributed by atoms with Crippen LogP contribution in [-0.2, 0) is 11.2 Å². The van der Waals surface area contributed by atoms with Gasteiger partial charge in [0.05, 0.1) is 18.9 Å². The van der Waals surface area contributed by atoms with Crippen LogP contribution in [0.4, 0.5) is 0 Å². The summed E-state index contributed by atoms with van der Waals surface area (Å²) in [7, 11) is 0. The van der Waals surface area contributed by atoms with Crippen LogP contribution >= 0.6 is 0 Å². The first-order valence-corrected chi connectivity index (χ1v) is 7.37. The Balaban J connectivity index is 1.76. The smallest absolute Gasteiger partial charge is 0.238 e. The summed E-state index contributed by atoms with van der Waals surface area (Å²) < 4.78 is 10.3. The van der Waals surface area contributed by atoms with E-state index < -0.39 is 0 Å². The van der Waals surface area contributed by atoms with Crippen LogP contribution < -0.4 is 5.32 Å². The number of amides is 1. The van der Waals surface area contributed by atoms with E-state index in [-0.39, 0.29) is 24.5 Å². The summed E-state index contributed by atoms with van der Waals surface area (Å²) in [5.74, 6) is 1.54. The monoisotopic (exact) mass is 307 g/mol. The molecule has 2 N–H and O–H groups in total. The van der Waals surface area contributed by atoms with Crippen molar-refractivity contribution < 1.29 is 18.8 Å². The average Bonchev–Trinajstić information content (AvgIpc) is 3.15. The summed E-state index contributed by atoms with van der Waals surface area (Å²) in [5, 5.41) is 15.8. The average molecular weight is 307 g/mol. The Bertz CT molecular complexity index is 577. The second-order valence-corrected chi connectivity index (χ2v) is 5.44. The topological polar surface area (TPSA) is 101 Å². The number of carbonyl (C=O) groups is 1. The maximum Gasteiger partial charge on any atom is 0.238 e. The Kier molecular flexibility index (Phi) is 5.71. The van der Waals surface area contributed by atoms with Crippen LogP contribution in [0.5, 0.6) is 0 Å². The number of carbonyl (C=O) groups excluding carboxylic acids is 1. The van der Waals surface area contributed by atoms with Gasteiger partial charge in [-0.1, -0.05) is 19.0 Å². The lowest BCUT2D eigenvalue weighted by molar-refractivity contribution is -0.122. The van der Waals surface area contributed by atoms with Gasteiger partial charge in [-0.05, 0) is 24.5 Å². The molecule has 0 saturated carbocycles. The van der Waals surface area contributed by atoms with Crippen molar-refractivity contribution in [3.63, 3.8) is 0 Å². The molecule has 0 aliphatic rings. The van der Waals surface area contributed by atoms with Gasteiger partial charge in [-0.15, -0.1) is 0 Å². The van der Waals surface area contributed by atoms with E-state index in [1.807, 2.05) is 13.8 Å². The van der Waals surface area contributed by atoms with Crippen molar-refractivity contribution in [2.75, 3.05) is 6.61 Å². The Morgan fingerprint density at radius 1 is 1.45 bits per heavy atom. The minimum atomic E-state index is -0.207. The fraction of sp³-hybridized carbons (Fsp3) is 0.533. The minimum absolute atomic E-state index is 0.0560. The molecule has 1 amide bonds. The number of rotatable bonds is 8. The highest BCUT2D eigenvalue weighted by atomic mass is 16.5. The van der Waals surface area contributed by atoms with E-state index in [4.69, 9.17) is 8.94 Å². The first-order valence-electron chi connectivity index (χ1n) is 7.37. The molecule has 7 heteroatoms. The third-order valence-electron chi connectivity index (χ3n) is 3.35. The highest BCUT2D eigenvalue weighted by Crippen LogP contribution is 2.16. The second-order valence-electron chi connectivity index (χ2n) is 5.44. The van der Waals surface area contributed by atoms with E-state index in [2.05, 4.69) is 15.5 Å². The van der Waals surface area contributed by atoms with Crippen LogP contribution in [0, 0.1) is 5.92 Å². The third kappa shape index (κ3) is 4.42. The van der Waals surface area contributed by atoms with Crippen molar-refractivity contribution in [1.82, 2.24) is 15.5 Å². The molecule has 7 nitrogen and oxygen atoms in total. The first kappa shape index (κ1) is 16.2. The number of aliphatic hydroxyl groups excluding tert-OH is 1. The van der Waals surface area contributed by atoms with Crippen LogP contribution in [-0.4, -0.2) is 33.8 Å². The van der Waals surface area contributed by atoms with Gasteiger partial charge in [0.15, 0.2) is 5.76 Å². The van der Waals surface area contributed by atoms with E-state index in [0.29, 0.717) is 36.7 Å². The van der Waals surface area contributed by atoms with E-state index in [1.54, 1.807) is 18.4 Å². The van der Waals surface area contributed by atoms with Gasteiger partial charge >= 0.3 is 0 Å². The summed E-state index contributed by atoms with van der Waals surface area (Å²) in [5.41, 5.74) is 0. The molecule has 2 heterocycles. The van der Waals surface area contributed by atoms with Crippen molar-refractivity contribution in [3.05, 3.63) is 24.3 Å². The normalized spacial score (nSPS) is 12.5. The Morgan fingerprint density at radius 2 is 2.27 bits per heavy atom. The summed E-state index contributed by atoms with van der Waals surface area (Å²) in [6.07, 6.45) is 3.01. The quantitative estimate of drug-likeness (QED) is 0.771. The third-order valence-corrected chi connectivity index (χ3v) is 3.35. The molecular formula is C15H21N3O4. The lowest BCUT2D eigenvalue weighted by Crippen LogP contribution is -2.41. The van der Waals surface area contributed by atoms with Crippen LogP contribution in [0.25, 0.3) is 11.6 Å². The predicted molar refractivity (Wildman–Crippen MR) is 78.8 cm³/mol. The fourth-order valence-electron chi connectivity index (χ4n) is 1.96. The molecule has 0 radical (unpaired) electrons. The number of hydrogen-bond donors (Lipinski definition) is 2. The summed E-state index contributed by atoms with van der Waals surface area (Å²) in [6, 6.07) is 3.30. The van der Waals surface area contributed by atoms with Gasteiger partial charge in [0.2, 0.25) is 17.6 Å². The molecule has 0 spiro atoms. The molecule has 0 aromatic carbocycles. The number of aromatic nitrogens is 2. The van der Waals surface area contributed by atoms with Gasteiger partial charge in [0, 0.05) is 12.8 Å². The largest absolute Gasteiger partial charge is 0.461 e. The molecule has 2 aromatic rings. The van der Waals surface area contributed by atoms with Gasteiger partial charge in [-0.25, -0.2) is 0 Å². The van der Waals surface area contributed by atoms with Gasteiger partial charge in [0.25, 0.3) is 0 Å². The molecule has 22 heavy (non-hydrogen) atoms. The lowest BCUT2D eigenvalue weighted by atomic mass is 10.1. The summed E-state index contributed by atoms with van der Waals surface area (Å²) in [6.45, 7) is 3.85. The Morgan fingerprint density at radius 3 is 2.91 bits per heavy atom. The van der Waals surface area contributed by atoms with Gasteiger partial charge in [-0.3, -0.25) is 4.79 Å². The molecule has 2 aromatic heterocycles. The number of furan rings is 1. The zero-order chi connectivity index (χ0) is 15.9. The van der Waals surface area contributed by atoms with E-state index in [1.165, 1.54) is 0 Å². The van der Waals surface area contributed by atoms with Gasteiger partial charge in [0.1, 0.15) is 0 Å². The van der Waals surface area contributed by atoms with Crippen LogP contribution in [0.15, 0.2) is 27.3 Å². The molecule has 1 atom stereocenters. The van der Waals surface area contributed by atoms with Crippen molar-refractivity contribution in [3.8, 4) is 11.6 Å². The molecule has 2 rings (SSSR count). The molecule has 120 valence electrons. The Labute approximate surface area is 128 Å². The van der Waals surface area contributed by atoms with Crippen molar-refractivity contribution >= 4 is 5.91 Å². The van der Waals surface area contributed by atoms with Crippen LogP contribution in [0.2, 0.25) is 0 Å². The van der Waals surface area contributed by atoms with Crippen molar-refractivity contribution in [2.24, 2.45) is 5.92 Å². The lowest BCUT2D eigenvalue weighted by Gasteiger charge is -2.19. The predicted octanol–water partition coefficient (Wildman–Crippen LogP) is 1.79. The fourth-order valence-corrected chi connectivity index (χ4v) is 1.96. The van der Waals surface area contributed by atoms with E-state index in [0.717, 1.165) is 0 Å². The second kappa shape index (κ2) is 7.74. The first-order chi connectivity index (χ1) is 10.6. The maximum absolute atomic E-state index is 11.8. The standard InChI is InChI=1S/C15H21N3O4/c1-10(2)11(9-19)16-13(20)6-3-7-14-17-15(18-22-14)12-5-4-8-21-12/h4-5,8,10-11,19H,3,6-7,9H2,1-2H3,(H,16,20). The summed E-state index contributed by atoms with van der Waals surface area (Å²) in [4.78, 5) is 16.0. The molecule has 1 unspecified atom stereocenters. The number of nitrogens with zero attached hydrogens (tertiary/aromatic N) is 2. The highest BCUT2D eigenvalue weighted by molar-refractivity contribution is 5.76. The van der Waals surface area contributed by atoms with Crippen molar-refractivity contribution in [2.45, 2.75) is 39.2 Å². The molecule has 0 aliphatic carbocycles. The SMILES string of the molecule is CC(C)C(CO)NC(=O)CCCc1nc(-c2ccco2)no1. The number of nitrogens with one attached hydrogen (secondary N) is 1. The Hall–Kier alpha value is -2.15. The number of aryl methyl sites for hydroxylation is 1. The molecule has 0 aliphatic heterocycles. The van der Waals surface area contributed by atoms with Crippen LogP contribution in [0.3, 0.4) is 0 Å². The maximum atomic E-state index is 11.8. The molecule has 0 bridgehead atoms. The highest BCUT2D eigenvalue weighted by Gasteiger charge is 2.15. The summed E-state index contributed by atoms with van der Waals surface area (Å²) >= 11 is 0. The number of hydrogen-bond acceptors (Lipinski definition) is 6. The molecule has 0 saturated heterocycles. The zero-order valence-electron chi connectivity index (χ0n) is 12.8. The van der Waals surface area contributed by atoms with Crippen molar-refractivity contribution in [1.29, 1.82) is 0 Å². The molecule has 0 fully saturated rings.